The smallest absolute Gasteiger partial charge is 0.123 e. The summed E-state index contributed by atoms with van der Waals surface area (Å²) >= 11 is 0. The largest absolute Gasteiger partial charge is 0.384 e. The number of aryl methyl sites for hydroxylation is 1. The van der Waals surface area contributed by atoms with Crippen LogP contribution in [0.4, 0.5) is 4.39 Å². The first-order valence-electron chi connectivity index (χ1n) is 5.55. The Kier molecular flexibility index (Phi) is 3.40. The molecule has 0 aromatic heterocycles. The third-order valence-electron chi connectivity index (χ3n) is 2.74. The van der Waals surface area contributed by atoms with Crippen LogP contribution >= 0.6 is 0 Å². The van der Waals surface area contributed by atoms with E-state index in [9.17, 15) is 9.50 Å². The molecule has 0 heterocycles. The Balaban J connectivity index is 2.35. The number of halogens is 1. The van der Waals surface area contributed by atoms with Crippen molar-refractivity contribution < 1.29 is 9.50 Å². The summed E-state index contributed by atoms with van der Waals surface area (Å²) in [6.45, 7) is 1.78. The van der Waals surface area contributed by atoms with E-state index in [1.54, 1.807) is 37.3 Å². The second-order valence-electron chi connectivity index (χ2n) is 4.20. The zero-order valence-corrected chi connectivity index (χ0v) is 9.89. The third kappa shape index (κ3) is 2.55. The van der Waals surface area contributed by atoms with E-state index < -0.39 is 6.10 Å². The van der Waals surface area contributed by atoms with Gasteiger partial charge in [0.05, 0.1) is 11.6 Å². The van der Waals surface area contributed by atoms with E-state index in [0.29, 0.717) is 16.7 Å². The maximum Gasteiger partial charge on any atom is 0.123 e. The number of nitrogens with zero attached hydrogens (tertiary/aromatic N) is 1. The molecule has 0 aliphatic heterocycles. The molecule has 0 fully saturated rings. The SMILES string of the molecule is Cc1cc(F)cc(C(O)c2ccc(C#N)cc2)c1. The molecule has 0 saturated carbocycles. The average Bonchev–Trinajstić information content (AvgIpc) is 2.37. The molecular weight excluding hydrogens is 229 g/mol. The van der Waals surface area contributed by atoms with Gasteiger partial charge in [0.1, 0.15) is 11.9 Å². The van der Waals surface area contributed by atoms with Crippen molar-refractivity contribution in [3.63, 3.8) is 0 Å². The van der Waals surface area contributed by atoms with Gasteiger partial charge in [-0.2, -0.15) is 5.26 Å². The molecule has 90 valence electrons. The van der Waals surface area contributed by atoms with Gasteiger partial charge in [-0.05, 0) is 47.9 Å². The highest BCUT2D eigenvalue weighted by molar-refractivity contribution is 5.37. The first kappa shape index (κ1) is 12.3. The fourth-order valence-electron chi connectivity index (χ4n) is 1.85. The molecule has 2 aromatic rings. The molecule has 0 aliphatic rings. The van der Waals surface area contributed by atoms with Crippen LogP contribution in [0.25, 0.3) is 0 Å². The molecule has 0 aliphatic carbocycles. The molecule has 0 spiro atoms. The van der Waals surface area contributed by atoms with Crippen LogP contribution in [0.15, 0.2) is 42.5 Å². The van der Waals surface area contributed by atoms with E-state index in [2.05, 4.69) is 0 Å². The van der Waals surface area contributed by atoms with Gasteiger partial charge in [0.2, 0.25) is 0 Å². The van der Waals surface area contributed by atoms with Crippen LogP contribution in [0.3, 0.4) is 0 Å². The number of rotatable bonds is 2. The van der Waals surface area contributed by atoms with Crippen LogP contribution < -0.4 is 0 Å². The predicted octanol–water partition coefficient (Wildman–Crippen LogP) is 3.09. The molecule has 2 rings (SSSR count). The highest BCUT2D eigenvalue weighted by Crippen LogP contribution is 2.23. The molecular formula is C15H12FNO. The second kappa shape index (κ2) is 4.99. The summed E-state index contributed by atoms with van der Waals surface area (Å²) in [7, 11) is 0. The summed E-state index contributed by atoms with van der Waals surface area (Å²) in [5.41, 5.74) is 2.44. The Morgan fingerprint density at radius 3 is 2.33 bits per heavy atom. The molecule has 1 unspecified atom stereocenters. The van der Waals surface area contributed by atoms with Gasteiger partial charge in [-0.3, -0.25) is 0 Å². The monoisotopic (exact) mass is 241 g/mol. The van der Waals surface area contributed by atoms with Gasteiger partial charge in [-0.15, -0.1) is 0 Å². The van der Waals surface area contributed by atoms with Gasteiger partial charge in [-0.1, -0.05) is 18.2 Å². The van der Waals surface area contributed by atoms with Crippen molar-refractivity contribution in [2.24, 2.45) is 0 Å². The van der Waals surface area contributed by atoms with Crippen molar-refractivity contribution in [3.05, 3.63) is 70.5 Å². The van der Waals surface area contributed by atoms with E-state index >= 15 is 0 Å². The quantitative estimate of drug-likeness (QED) is 0.878. The molecule has 0 amide bonds. The van der Waals surface area contributed by atoms with E-state index in [-0.39, 0.29) is 5.82 Å². The summed E-state index contributed by atoms with van der Waals surface area (Å²) in [4.78, 5) is 0. The fraction of sp³-hybridized carbons (Fsp3) is 0.133. The summed E-state index contributed by atoms with van der Waals surface area (Å²) in [5.74, 6) is -0.363. The number of hydrogen-bond acceptors (Lipinski definition) is 2. The van der Waals surface area contributed by atoms with Crippen molar-refractivity contribution in [1.82, 2.24) is 0 Å². The highest BCUT2D eigenvalue weighted by atomic mass is 19.1. The zero-order valence-electron chi connectivity index (χ0n) is 9.89. The number of benzene rings is 2. The topological polar surface area (TPSA) is 44.0 Å². The molecule has 3 heteroatoms. The molecule has 0 bridgehead atoms. The maximum absolute atomic E-state index is 13.3. The minimum absolute atomic E-state index is 0.363. The van der Waals surface area contributed by atoms with Gasteiger partial charge in [0.25, 0.3) is 0 Å². The number of hydrogen-bond donors (Lipinski definition) is 1. The zero-order chi connectivity index (χ0) is 13.1. The summed E-state index contributed by atoms with van der Waals surface area (Å²) in [6.07, 6.45) is -0.882. The Hall–Kier alpha value is -2.18. The van der Waals surface area contributed by atoms with Crippen molar-refractivity contribution in [2.75, 3.05) is 0 Å². The van der Waals surface area contributed by atoms with Crippen molar-refractivity contribution in [3.8, 4) is 6.07 Å². The molecule has 1 N–H and O–H groups in total. The van der Waals surface area contributed by atoms with Gasteiger partial charge >= 0.3 is 0 Å². The summed E-state index contributed by atoms with van der Waals surface area (Å²) in [6, 6.07) is 13.1. The minimum Gasteiger partial charge on any atom is -0.384 e. The first-order valence-corrected chi connectivity index (χ1v) is 5.55. The van der Waals surface area contributed by atoms with Gasteiger partial charge in [0, 0.05) is 0 Å². The number of aliphatic hydroxyl groups excluding tert-OH is 1. The average molecular weight is 241 g/mol. The predicted molar refractivity (Wildman–Crippen MR) is 66.4 cm³/mol. The molecule has 18 heavy (non-hydrogen) atoms. The van der Waals surface area contributed by atoms with Crippen molar-refractivity contribution in [2.45, 2.75) is 13.0 Å². The molecule has 2 nitrogen and oxygen atoms in total. The second-order valence-corrected chi connectivity index (χ2v) is 4.20. The lowest BCUT2D eigenvalue weighted by Gasteiger charge is -2.12. The lowest BCUT2D eigenvalue weighted by Crippen LogP contribution is -2.00. The van der Waals surface area contributed by atoms with Crippen LogP contribution in [0.1, 0.15) is 28.4 Å². The Bertz CT molecular complexity index is 579. The van der Waals surface area contributed by atoms with Gasteiger partial charge in [-0.25, -0.2) is 4.39 Å². The van der Waals surface area contributed by atoms with Crippen LogP contribution in [0.2, 0.25) is 0 Å². The normalized spacial score (nSPS) is 11.9. The lowest BCUT2D eigenvalue weighted by atomic mass is 9.99. The molecule has 0 radical (unpaired) electrons. The van der Waals surface area contributed by atoms with Crippen molar-refractivity contribution in [1.29, 1.82) is 5.26 Å². The minimum atomic E-state index is -0.882. The van der Waals surface area contributed by atoms with Gasteiger partial charge in [0.15, 0.2) is 0 Å². The van der Waals surface area contributed by atoms with E-state index in [4.69, 9.17) is 5.26 Å². The Labute approximate surface area is 105 Å². The molecule has 2 aromatic carbocycles. The summed E-state index contributed by atoms with van der Waals surface area (Å²) < 4.78 is 13.3. The maximum atomic E-state index is 13.3. The fourth-order valence-corrected chi connectivity index (χ4v) is 1.85. The molecule has 1 atom stereocenters. The van der Waals surface area contributed by atoms with Crippen LogP contribution in [0, 0.1) is 24.1 Å². The third-order valence-corrected chi connectivity index (χ3v) is 2.74. The lowest BCUT2D eigenvalue weighted by molar-refractivity contribution is 0.219. The molecule has 0 saturated heterocycles. The number of aliphatic hydroxyl groups is 1. The summed E-state index contributed by atoms with van der Waals surface area (Å²) in [5, 5.41) is 18.8. The highest BCUT2D eigenvalue weighted by Gasteiger charge is 2.11. The van der Waals surface area contributed by atoms with E-state index in [0.717, 1.165) is 5.56 Å². The Morgan fingerprint density at radius 1 is 1.11 bits per heavy atom. The van der Waals surface area contributed by atoms with E-state index in [1.807, 2.05) is 6.07 Å². The van der Waals surface area contributed by atoms with Crippen LogP contribution in [0.5, 0.6) is 0 Å². The number of nitriles is 1. The van der Waals surface area contributed by atoms with Crippen LogP contribution in [-0.4, -0.2) is 5.11 Å². The van der Waals surface area contributed by atoms with Crippen molar-refractivity contribution >= 4 is 0 Å². The Morgan fingerprint density at radius 2 is 1.78 bits per heavy atom. The van der Waals surface area contributed by atoms with E-state index in [1.165, 1.54) is 12.1 Å². The van der Waals surface area contributed by atoms with Crippen LogP contribution in [-0.2, 0) is 0 Å². The van der Waals surface area contributed by atoms with Gasteiger partial charge < -0.3 is 5.11 Å². The first-order chi connectivity index (χ1) is 8.60. The standard InChI is InChI=1S/C15H12FNO/c1-10-6-13(8-14(16)7-10)15(18)12-4-2-11(9-17)3-5-12/h2-8,15,18H,1H3.